The molecule has 0 spiro atoms. The maximum Gasteiger partial charge on any atom is 0.255 e. The third-order valence-corrected chi connectivity index (χ3v) is 3.11. The van der Waals surface area contributed by atoms with E-state index in [0.717, 1.165) is 17.7 Å². The molecule has 0 heterocycles. The van der Waals surface area contributed by atoms with Crippen molar-refractivity contribution in [2.75, 3.05) is 18.5 Å². The standard InChI is InChI=1S/C13H19ClF2N2/c1-3-11(17)6-9-4-5-10(14)7-12(9)18(2)8-13(15)16/h4-5,7,11,13H,3,6,8,17H2,1-2H3. The molecule has 5 heteroatoms. The highest BCUT2D eigenvalue weighted by Crippen LogP contribution is 2.26. The molecule has 18 heavy (non-hydrogen) atoms. The van der Waals surface area contributed by atoms with E-state index in [9.17, 15) is 8.78 Å². The van der Waals surface area contributed by atoms with Gasteiger partial charge in [0.1, 0.15) is 0 Å². The van der Waals surface area contributed by atoms with Crippen molar-refractivity contribution in [3.8, 4) is 0 Å². The number of hydrogen-bond acceptors (Lipinski definition) is 2. The van der Waals surface area contributed by atoms with Gasteiger partial charge in [-0.2, -0.15) is 0 Å². The summed E-state index contributed by atoms with van der Waals surface area (Å²) >= 11 is 5.92. The fourth-order valence-corrected chi connectivity index (χ4v) is 1.96. The lowest BCUT2D eigenvalue weighted by Crippen LogP contribution is -2.27. The van der Waals surface area contributed by atoms with Crippen LogP contribution < -0.4 is 10.6 Å². The van der Waals surface area contributed by atoms with E-state index < -0.39 is 6.43 Å². The number of hydrogen-bond donors (Lipinski definition) is 1. The predicted molar refractivity (Wildman–Crippen MR) is 72.7 cm³/mol. The van der Waals surface area contributed by atoms with Crippen molar-refractivity contribution >= 4 is 17.3 Å². The number of rotatable bonds is 6. The fourth-order valence-electron chi connectivity index (χ4n) is 1.80. The fraction of sp³-hybridized carbons (Fsp3) is 0.538. The first-order valence-electron chi connectivity index (χ1n) is 5.97. The van der Waals surface area contributed by atoms with E-state index in [1.54, 1.807) is 19.2 Å². The smallest absolute Gasteiger partial charge is 0.255 e. The summed E-state index contributed by atoms with van der Waals surface area (Å²) in [6.07, 6.45) is -0.862. The zero-order chi connectivity index (χ0) is 13.7. The van der Waals surface area contributed by atoms with Gasteiger partial charge in [-0.1, -0.05) is 24.6 Å². The molecule has 2 nitrogen and oxygen atoms in total. The van der Waals surface area contributed by atoms with Gasteiger partial charge in [0.05, 0.1) is 6.54 Å². The van der Waals surface area contributed by atoms with Gasteiger partial charge in [0.25, 0.3) is 6.43 Å². The number of halogens is 3. The molecule has 0 saturated heterocycles. The predicted octanol–water partition coefficient (Wildman–Crippen LogP) is 3.32. The molecule has 0 saturated carbocycles. The molecule has 102 valence electrons. The van der Waals surface area contributed by atoms with E-state index >= 15 is 0 Å². The molecule has 0 aliphatic carbocycles. The highest BCUT2D eigenvalue weighted by atomic mass is 35.5. The minimum Gasteiger partial charge on any atom is -0.369 e. The Morgan fingerprint density at radius 3 is 2.61 bits per heavy atom. The maximum atomic E-state index is 12.4. The van der Waals surface area contributed by atoms with Crippen LogP contribution in [0.1, 0.15) is 18.9 Å². The molecule has 1 atom stereocenters. The van der Waals surface area contributed by atoms with E-state index in [0.29, 0.717) is 11.4 Å². The summed E-state index contributed by atoms with van der Waals surface area (Å²) in [4.78, 5) is 1.52. The van der Waals surface area contributed by atoms with Crippen LogP contribution in [0.2, 0.25) is 5.02 Å². The van der Waals surface area contributed by atoms with Gasteiger partial charge in [0.2, 0.25) is 0 Å². The lowest BCUT2D eigenvalue weighted by molar-refractivity contribution is 0.156. The summed E-state index contributed by atoms with van der Waals surface area (Å²) in [5, 5.41) is 0.542. The number of alkyl halides is 2. The van der Waals surface area contributed by atoms with Gasteiger partial charge in [-0.05, 0) is 30.5 Å². The third kappa shape index (κ3) is 4.42. The average Bonchev–Trinajstić information content (AvgIpc) is 2.30. The van der Waals surface area contributed by atoms with Crippen molar-refractivity contribution in [2.24, 2.45) is 5.73 Å². The third-order valence-electron chi connectivity index (χ3n) is 2.88. The molecule has 0 bridgehead atoms. The normalized spacial score (nSPS) is 12.8. The Labute approximate surface area is 112 Å². The molecular formula is C13H19ClF2N2. The van der Waals surface area contributed by atoms with E-state index in [2.05, 4.69) is 0 Å². The van der Waals surface area contributed by atoms with Crippen LogP contribution in [0.3, 0.4) is 0 Å². The second-order valence-corrected chi connectivity index (χ2v) is 4.85. The summed E-state index contributed by atoms with van der Waals surface area (Å²) in [5.41, 5.74) is 7.60. The molecule has 2 N–H and O–H groups in total. The van der Waals surface area contributed by atoms with Gasteiger partial charge >= 0.3 is 0 Å². The highest BCUT2D eigenvalue weighted by Gasteiger charge is 2.14. The van der Waals surface area contributed by atoms with Gasteiger partial charge < -0.3 is 10.6 Å². The quantitative estimate of drug-likeness (QED) is 0.864. The van der Waals surface area contributed by atoms with Crippen LogP contribution >= 0.6 is 11.6 Å². The average molecular weight is 277 g/mol. The summed E-state index contributed by atoms with van der Waals surface area (Å²) in [6, 6.07) is 5.36. The maximum absolute atomic E-state index is 12.4. The lowest BCUT2D eigenvalue weighted by Gasteiger charge is -2.23. The molecule has 0 fully saturated rings. The van der Waals surface area contributed by atoms with E-state index in [1.165, 1.54) is 4.90 Å². The number of nitrogens with zero attached hydrogens (tertiary/aromatic N) is 1. The minimum absolute atomic E-state index is 0.0323. The zero-order valence-electron chi connectivity index (χ0n) is 10.7. The molecule has 0 radical (unpaired) electrons. The Bertz CT molecular complexity index is 385. The second-order valence-electron chi connectivity index (χ2n) is 4.42. The molecule has 1 unspecified atom stereocenters. The summed E-state index contributed by atoms with van der Waals surface area (Å²) in [7, 11) is 1.64. The number of nitrogens with two attached hydrogens (primary N) is 1. The summed E-state index contributed by atoms with van der Waals surface area (Å²) < 4.78 is 24.9. The first kappa shape index (κ1) is 15.2. The van der Waals surface area contributed by atoms with Crippen LogP contribution in [-0.4, -0.2) is 26.1 Å². The SMILES string of the molecule is CCC(N)Cc1ccc(Cl)cc1N(C)CC(F)F. The monoisotopic (exact) mass is 276 g/mol. The van der Waals surface area contributed by atoms with Gasteiger partial charge in [-0.25, -0.2) is 8.78 Å². The van der Waals surface area contributed by atoms with Crippen molar-refractivity contribution in [2.45, 2.75) is 32.2 Å². The summed E-state index contributed by atoms with van der Waals surface area (Å²) in [6.45, 7) is 1.69. The highest BCUT2D eigenvalue weighted by molar-refractivity contribution is 6.30. The molecule has 0 aliphatic rings. The minimum atomic E-state index is -2.37. The van der Waals surface area contributed by atoms with Crippen molar-refractivity contribution in [1.29, 1.82) is 0 Å². The van der Waals surface area contributed by atoms with Gasteiger partial charge in [-0.15, -0.1) is 0 Å². The van der Waals surface area contributed by atoms with Crippen LogP contribution in [0.5, 0.6) is 0 Å². The first-order chi connectivity index (χ1) is 8.43. The Kier molecular flexibility index (Phi) is 5.82. The Morgan fingerprint density at radius 2 is 2.06 bits per heavy atom. The lowest BCUT2D eigenvalue weighted by atomic mass is 10.0. The largest absolute Gasteiger partial charge is 0.369 e. The van der Waals surface area contributed by atoms with Crippen molar-refractivity contribution in [1.82, 2.24) is 0 Å². The molecule has 0 aliphatic heterocycles. The van der Waals surface area contributed by atoms with Crippen LogP contribution in [0.25, 0.3) is 0 Å². The van der Waals surface area contributed by atoms with Crippen molar-refractivity contribution in [3.63, 3.8) is 0 Å². The van der Waals surface area contributed by atoms with Crippen molar-refractivity contribution < 1.29 is 8.78 Å². The van der Waals surface area contributed by atoms with Crippen LogP contribution in [0.4, 0.5) is 14.5 Å². The Hall–Kier alpha value is -0.870. The molecule has 0 amide bonds. The zero-order valence-corrected chi connectivity index (χ0v) is 11.4. The van der Waals surface area contributed by atoms with E-state index in [1.807, 2.05) is 13.0 Å². The number of benzene rings is 1. The van der Waals surface area contributed by atoms with Gasteiger partial charge in [0, 0.05) is 23.8 Å². The van der Waals surface area contributed by atoms with Crippen molar-refractivity contribution in [3.05, 3.63) is 28.8 Å². The number of anilines is 1. The van der Waals surface area contributed by atoms with Crippen LogP contribution in [0.15, 0.2) is 18.2 Å². The molecule has 1 rings (SSSR count). The summed E-state index contributed by atoms with van der Waals surface area (Å²) in [5.74, 6) is 0. The van der Waals surface area contributed by atoms with Gasteiger partial charge in [-0.3, -0.25) is 0 Å². The van der Waals surface area contributed by atoms with E-state index in [-0.39, 0.29) is 12.6 Å². The first-order valence-corrected chi connectivity index (χ1v) is 6.35. The second kappa shape index (κ2) is 6.90. The van der Waals surface area contributed by atoms with Crippen LogP contribution in [0, 0.1) is 0 Å². The van der Waals surface area contributed by atoms with Gasteiger partial charge in [0.15, 0.2) is 0 Å². The molecular weight excluding hydrogens is 258 g/mol. The molecule has 0 aromatic heterocycles. The molecule has 1 aromatic carbocycles. The molecule has 1 aromatic rings. The Balaban J connectivity index is 2.95. The van der Waals surface area contributed by atoms with Crippen LogP contribution in [-0.2, 0) is 6.42 Å². The van der Waals surface area contributed by atoms with E-state index in [4.69, 9.17) is 17.3 Å². The topological polar surface area (TPSA) is 29.3 Å². The Morgan fingerprint density at radius 1 is 1.39 bits per heavy atom.